The molecule has 2 aromatic rings. The van der Waals surface area contributed by atoms with Gasteiger partial charge in [-0.25, -0.2) is 13.2 Å². The summed E-state index contributed by atoms with van der Waals surface area (Å²) in [7, 11) is -3.15. The average molecular weight is 416 g/mol. The van der Waals surface area contributed by atoms with Gasteiger partial charge in [0.05, 0.1) is 17.1 Å². The molecule has 154 valence electrons. The van der Waals surface area contributed by atoms with Crippen molar-refractivity contribution in [1.82, 2.24) is 4.90 Å². The van der Waals surface area contributed by atoms with Gasteiger partial charge in [0.1, 0.15) is 0 Å². The Morgan fingerprint density at radius 2 is 1.83 bits per heavy atom. The van der Waals surface area contributed by atoms with E-state index in [1.54, 1.807) is 6.07 Å². The van der Waals surface area contributed by atoms with Crippen molar-refractivity contribution in [2.24, 2.45) is 0 Å². The molecule has 0 aromatic heterocycles. The van der Waals surface area contributed by atoms with Crippen LogP contribution in [0.2, 0.25) is 0 Å². The van der Waals surface area contributed by atoms with Crippen molar-refractivity contribution in [3.05, 3.63) is 70.8 Å². The number of carbonyl (C=O) groups is 2. The van der Waals surface area contributed by atoms with Crippen LogP contribution in [0.5, 0.6) is 0 Å². The number of nitrogens with zero attached hydrogens (tertiary/aromatic N) is 1. The van der Waals surface area contributed by atoms with Crippen molar-refractivity contribution in [2.45, 2.75) is 32.9 Å². The highest BCUT2D eigenvalue weighted by Gasteiger charge is 2.35. The van der Waals surface area contributed by atoms with Crippen LogP contribution >= 0.6 is 0 Å². The SMILES string of the molecule is Cc1ccc(C(=O)OCC(=O)N(Cc2ccccc2)[C@@H]2CCS(=O)(=O)C2)c(C)c1. The van der Waals surface area contributed by atoms with Crippen LogP contribution < -0.4 is 0 Å². The summed E-state index contributed by atoms with van der Waals surface area (Å²) in [5.41, 5.74) is 3.13. The molecular weight excluding hydrogens is 390 g/mol. The normalized spacial score (nSPS) is 17.7. The van der Waals surface area contributed by atoms with Crippen LogP contribution in [0.4, 0.5) is 0 Å². The highest BCUT2D eigenvalue weighted by molar-refractivity contribution is 7.91. The van der Waals surface area contributed by atoms with Gasteiger partial charge in [0.15, 0.2) is 16.4 Å². The summed E-state index contributed by atoms with van der Waals surface area (Å²) in [5, 5.41) is 0. The molecule has 0 unspecified atom stereocenters. The summed E-state index contributed by atoms with van der Waals surface area (Å²) in [6.45, 7) is 3.61. The quantitative estimate of drug-likeness (QED) is 0.678. The van der Waals surface area contributed by atoms with E-state index in [-0.39, 0.29) is 18.1 Å². The van der Waals surface area contributed by atoms with Gasteiger partial charge in [0.25, 0.3) is 5.91 Å². The minimum absolute atomic E-state index is 0.0589. The molecule has 1 atom stereocenters. The first-order valence-electron chi connectivity index (χ1n) is 9.53. The second-order valence-electron chi connectivity index (χ2n) is 7.46. The molecule has 0 spiro atoms. The number of esters is 1. The largest absolute Gasteiger partial charge is 0.452 e. The Bertz CT molecular complexity index is 1000. The summed E-state index contributed by atoms with van der Waals surface area (Å²) in [6, 6.07) is 14.3. The van der Waals surface area contributed by atoms with Crippen LogP contribution in [-0.2, 0) is 25.9 Å². The first kappa shape index (κ1) is 21.0. The Balaban J connectivity index is 1.71. The Hall–Kier alpha value is -2.67. The predicted molar refractivity (Wildman–Crippen MR) is 110 cm³/mol. The standard InChI is InChI=1S/C22H25NO5S/c1-16-8-9-20(17(2)12-16)22(25)28-14-21(24)23(13-18-6-4-3-5-7-18)19-10-11-29(26,27)15-19/h3-9,12,19H,10-11,13-15H2,1-2H3/t19-/m1/s1. The zero-order valence-corrected chi connectivity index (χ0v) is 17.4. The second kappa shape index (κ2) is 8.78. The van der Waals surface area contributed by atoms with Gasteiger partial charge in [-0.05, 0) is 37.5 Å². The Morgan fingerprint density at radius 1 is 1.10 bits per heavy atom. The zero-order chi connectivity index (χ0) is 21.0. The summed E-state index contributed by atoms with van der Waals surface area (Å²) in [4.78, 5) is 26.8. The molecule has 6 nitrogen and oxygen atoms in total. The van der Waals surface area contributed by atoms with Crippen LogP contribution in [0.3, 0.4) is 0 Å². The number of amides is 1. The van der Waals surface area contributed by atoms with Gasteiger partial charge in [-0.1, -0.05) is 48.0 Å². The molecule has 0 N–H and O–H groups in total. The van der Waals surface area contributed by atoms with Crippen molar-refractivity contribution in [3.8, 4) is 0 Å². The van der Waals surface area contributed by atoms with Crippen LogP contribution in [-0.4, -0.2) is 49.3 Å². The third kappa shape index (κ3) is 5.44. The molecule has 1 fully saturated rings. The molecule has 1 amide bonds. The van der Waals surface area contributed by atoms with Gasteiger partial charge in [-0.3, -0.25) is 4.79 Å². The van der Waals surface area contributed by atoms with Crippen molar-refractivity contribution >= 4 is 21.7 Å². The molecule has 2 aromatic carbocycles. The molecule has 29 heavy (non-hydrogen) atoms. The average Bonchev–Trinajstić information content (AvgIpc) is 3.04. The molecule has 0 aliphatic carbocycles. The maximum atomic E-state index is 12.9. The lowest BCUT2D eigenvalue weighted by molar-refractivity contribution is -0.137. The predicted octanol–water partition coefficient (Wildman–Crippen LogP) is 2.68. The monoisotopic (exact) mass is 415 g/mol. The van der Waals surface area contributed by atoms with Crippen LogP contribution in [0.15, 0.2) is 48.5 Å². The van der Waals surface area contributed by atoms with E-state index in [2.05, 4.69) is 0 Å². The number of ether oxygens (including phenoxy) is 1. The maximum Gasteiger partial charge on any atom is 0.338 e. The Morgan fingerprint density at radius 3 is 2.45 bits per heavy atom. The molecular formula is C22H25NO5S. The molecule has 1 saturated heterocycles. The summed E-state index contributed by atoms with van der Waals surface area (Å²) >= 11 is 0. The number of sulfone groups is 1. The van der Waals surface area contributed by atoms with Crippen LogP contribution in [0.25, 0.3) is 0 Å². The second-order valence-corrected chi connectivity index (χ2v) is 9.69. The topological polar surface area (TPSA) is 80.8 Å². The van der Waals surface area contributed by atoms with Crippen molar-refractivity contribution < 1.29 is 22.7 Å². The summed E-state index contributed by atoms with van der Waals surface area (Å²) in [6.07, 6.45) is 0.395. The zero-order valence-electron chi connectivity index (χ0n) is 16.6. The molecule has 0 saturated carbocycles. The Kier molecular flexibility index (Phi) is 6.37. The van der Waals surface area contributed by atoms with Gasteiger partial charge >= 0.3 is 5.97 Å². The molecule has 1 heterocycles. The third-order valence-electron chi connectivity index (χ3n) is 5.09. The molecule has 0 bridgehead atoms. The van der Waals surface area contributed by atoms with E-state index in [4.69, 9.17) is 4.74 Å². The number of hydrogen-bond acceptors (Lipinski definition) is 5. The van der Waals surface area contributed by atoms with Crippen molar-refractivity contribution in [3.63, 3.8) is 0 Å². The lowest BCUT2D eigenvalue weighted by Gasteiger charge is -2.28. The van der Waals surface area contributed by atoms with E-state index < -0.39 is 34.4 Å². The van der Waals surface area contributed by atoms with Gasteiger partial charge in [-0.2, -0.15) is 0 Å². The lowest BCUT2D eigenvalue weighted by Crippen LogP contribution is -2.42. The molecule has 1 aliphatic rings. The van der Waals surface area contributed by atoms with E-state index in [0.29, 0.717) is 12.0 Å². The van der Waals surface area contributed by atoms with E-state index in [1.165, 1.54) is 4.90 Å². The van der Waals surface area contributed by atoms with Crippen molar-refractivity contribution in [1.29, 1.82) is 0 Å². The molecule has 7 heteroatoms. The minimum atomic E-state index is -3.15. The highest BCUT2D eigenvalue weighted by atomic mass is 32.2. The maximum absolute atomic E-state index is 12.9. The van der Waals surface area contributed by atoms with E-state index in [1.807, 2.05) is 56.3 Å². The van der Waals surface area contributed by atoms with Crippen molar-refractivity contribution in [2.75, 3.05) is 18.1 Å². The number of hydrogen-bond donors (Lipinski definition) is 0. The first-order valence-corrected chi connectivity index (χ1v) is 11.4. The number of aryl methyl sites for hydroxylation is 2. The summed E-state index contributed by atoms with van der Waals surface area (Å²) < 4.78 is 29.1. The fourth-order valence-electron chi connectivity index (χ4n) is 3.55. The summed E-state index contributed by atoms with van der Waals surface area (Å²) in [5.74, 6) is -0.946. The number of carbonyl (C=O) groups excluding carboxylic acids is 2. The van der Waals surface area contributed by atoms with Crippen LogP contribution in [0.1, 0.15) is 33.5 Å². The Labute approximate surface area is 171 Å². The van der Waals surface area contributed by atoms with E-state index >= 15 is 0 Å². The fourth-order valence-corrected chi connectivity index (χ4v) is 5.28. The van der Waals surface area contributed by atoms with E-state index in [9.17, 15) is 18.0 Å². The minimum Gasteiger partial charge on any atom is -0.452 e. The molecule has 3 rings (SSSR count). The van der Waals surface area contributed by atoms with Gasteiger partial charge < -0.3 is 9.64 Å². The van der Waals surface area contributed by atoms with Gasteiger partial charge in [-0.15, -0.1) is 0 Å². The van der Waals surface area contributed by atoms with Crippen LogP contribution in [0, 0.1) is 13.8 Å². The molecule has 1 aliphatic heterocycles. The molecule has 0 radical (unpaired) electrons. The first-order chi connectivity index (χ1) is 13.7. The van der Waals surface area contributed by atoms with Gasteiger partial charge in [0, 0.05) is 12.6 Å². The fraction of sp³-hybridized carbons (Fsp3) is 0.364. The third-order valence-corrected chi connectivity index (χ3v) is 6.84. The highest BCUT2D eigenvalue weighted by Crippen LogP contribution is 2.21. The smallest absolute Gasteiger partial charge is 0.338 e. The van der Waals surface area contributed by atoms with E-state index in [0.717, 1.165) is 16.7 Å². The van der Waals surface area contributed by atoms with Gasteiger partial charge in [0.2, 0.25) is 0 Å². The number of rotatable bonds is 6. The number of benzene rings is 2. The lowest BCUT2D eigenvalue weighted by atomic mass is 10.1.